The Balaban J connectivity index is 1.21. The highest BCUT2D eigenvalue weighted by atomic mass is 32.2. The van der Waals surface area contributed by atoms with Crippen LogP contribution in [0.25, 0.3) is 11.3 Å². The fraction of sp³-hybridized carbons (Fsp3) is 0.160. The number of hydrogen-bond acceptors (Lipinski definition) is 7. The van der Waals surface area contributed by atoms with Gasteiger partial charge in [-0.15, -0.1) is 10.2 Å². The minimum Gasteiger partial charge on any atom is -0.457 e. The molecule has 4 aromatic rings. The lowest BCUT2D eigenvalue weighted by Gasteiger charge is -2.34. The maximum absolute atomic E-state index is 13.1. The molecule has 8 nitrogen and oxygen atoms in total. The first-order valence-electron chi connectivity index (χ1n) is 10.9. The fourth-order valence-corrected chi connectivity index (χ4v) is 5.20. The molecular weight excluding hydrogens is 450 g/mol. The Hall–Kier alpha value is -3.82. The molecule has 0 N–H and O–H groups in total. The average molecular weight is 474 g/mol. The summed E-state index contributed by atoms with van der Waals surface area (Å²) in [6, 6.07) is 23.5. The summed E-state index contributed by atoms with van der Waals surface area (Å²) in [6.45, 7) is 1.83. The second-order valence-electron chi connectivity index (χ2n) is 7.79. The number of sulfonamides is 1. The summed E-state index contributed by atoms with van der Waals surface area (Å²) in [6.07, 6.45) is 3.43. The number of rotatable bonds is 6. The molecule has 172 valence electrons. The fourth-order valence-electron chi connectivity index (χ4n) is 3.78. The van der Waals surface area contributed by atoms with Crippen molar-refractivity contribution in [3.8, 4) is 22.8 Å². The van der Waals surface area contributed by atoms with Crippen LogP contribution >= 0.6 is 0 Å². The van der Waals surface area contributed by atoms with Crippen LogP contribution in [-0.2, 0) is 10.0 Å². The Kier molecular flexibility index (Phi) is 6.20. The standard InChI is InChI=1S/C25H23N5O3S/c31-34(32,23-8-6-22(7-9-23)33-21-4-2-1-3-5-21)30-18-16-29(17-19-30)25-11-10-24(27-28-25)20-12-14-26-15-13-20/h1-15H,16-19H2. The lowest BCUT2D eigenvalue weighted by molar-refractivity contribution is 0.383. The zero-order valence-electron chi connectivity index (χ0n) is 18.4. The molecule has 2 aromatic carbocycles. The van der Waals surface area contributed by atoms with Crippen LogP contribution in [0.4, 0.5) is 5.82 Å². The third-order valence-electron chi connectivity index (χ3n) is 5.63. The minimum absolute atomic E-state index is 0.253. The van der Waals surface area contributed by atoms with Crippen molar-refractivity contribution in [3.05, 3.63) is 91.3 Å². The Bertz CT molecular complexity index is 1330. The van der Waals surface area contributed by atoms with Crippen LogP contribution in [-0.4, -0.2) is 54.1 Å². The van der Waals surface area contributed by atoms with Gasteiger partial charge in [0.05, 0.1) is 10.6 Å². The number of aromatic nitrogens is 3. The van der Waals surface area contributed by atoms with E-state index in [1.54, 1.807) is 36.7 Å². The van der Waals surface area contributed by atoms with Crippen molar-refractivity contribution in [1.82, 2.24) is 19.5 Å². The van der Waals surface area contributed by atoms with Gasteiger partial charge in [0.15, 0.2) is 5.82 Å². The number of benzene rings is 2. The van der Waals surface area contributed by atoms with E-state index in [0.717, 1.165) is 17.1 Å². The molecule has 5 rings (SSSR count). The van der Waals surface area contributed by atoms with Crippen LogP contribution in [0, 0.1) is 0 Å². The van der Waals surface area contributed by atoms with E-state index in [2.05, 4.69) is 15.2 Å². The predicted molar refractivity (Wildman–Crippen MR) is 129 cm³/mol. The topological polar surface area (TPSA) is 88.5 Å². The first kappa shape index (κ1) is 22.0. The van der Waals surface area contributed by atoms with Gasteiger partial charge in [0, 0.05) is 44.1 Å². The van der Waals surface area contributed by atoms with Crippen LogP contribution in [0.2, 0.25) is 0 Å². The van der Waals surface area contributed by atoms with Crippen LogP contribution in [0.1, 0.15) is 0 Å². The number of pyridine rings is 1. The van der Waals surface area contributed by atoms with Gasteiger partial charge in [-0.05, 0) is 60.7 Å². The predicted octanol–water partition coefficient (Wildman–Crippen LogP) is 3.84. The Morgan fingerprint density at radius 1 is 0.706 bits per heavy atom. The second kappa shape index (κ2) is 9.58. The molecule has 9 heteroatoms. The largest absolute Gasteiger partial charge is 0.457 e. The third kappa shape index (κ3) is 4.75. The van der Waals surface area contributed by atoms with Crippen molar-refractivity contribution >= 4 is 15.8 Å². The minimum atomic E-state index is -3.59. The van der Waals surface area contributed by atoms with E-state index in [1.165, 1.54) is 4.31 Å². The molecule has 1 aliphatic heterocycles. The molecule has 0 bridgehead atoms. The van der Waals surface area contributed by atoms with Gasteiger partial charge >= 0.3 is 0 Å². The lowest BCUT2D eigenvalue weighted by Crippen LogP contribution is -2.48. The van der Waals surface area contributed by atoms with Crippen LogP contribution in [0.15, 0.2) is 96.2 Å². The van der Waals surface area contributed by atoms with Crippen molar-refractivity contribution in [3.63, 3.8) is 0 Å². The molecule has 0 atom stereocenters. The number of nitrogens with zero attached hydrogens (tertiary/aromatic N) is 5. The van der Waals surface area contributed by atoms with E-state index in [1.807, 2.05) is 59.5 Å². The van der Waals surface area contributed by atoms with Crippen LogP contribution < -0.4 is 9.64 Å². The van der Waals surface area contributed by atoms with E-state index in [0.29, 0.717) is 37.7 Å². The highest BCUT2D eigenvalue weighted by molar-refractivity contribution is 7.89. The molecule has 0 radical (unpaired) electrons. The molecule has 1 saturated heterocycles. The van der Waals surface area contributed by atoms with Gasteiger partial charge in [-0.2, -0.15) is 4.31 Å². The third-order valence-corrected chi connectivity index (χ3v) is 7.54. The summed E-state index contributed by atoms with van der Waals surface area (Å²) in [5.41, 5.74) is 1.72. The summed E-state index contributed by atoms with van der Waals surface area (Å²) < 4.78 is 33.5. The molecule has 0 saturated carbocycles. The van der Waals surface area contributed by atoms with E-state index in [4.69, 9.17) is 4.74 Å². The maximum Gasteiger partial charge on any atom is 0.243 e. The van der Waals surface area contributed by atoms with Crippen LogP contribution in [0.3, 0.4) is 0 Å². The Labute approximate surface area is 198 Å². The maximum atomic E-state index is 13.1. The Morgan fingerprint density at radius 3 is 2.03 bits per heavy atom. The lowest BCUT2D eigenvalue weighted by atomic mass is 10.2. The highest BCUT2D eigenvalue weighted by Gasteiger charge is 2.29. The zero-order chi connectivity index (χ0) is 23.4. The normalized spacial score (nSPS) is 14.6. The van der Waals surface area contributed by atoms with E-state index in [-0.39, 0.29) is 4.90 Å². The van der Waals surface area contributed by atoms with Crippen molar-refractivity contribution in [2.24, 2.45) is 0 Å². The van der Waals surface area contributed by atoms with E-state index < -0.39 is 10.0 Å². The summed E-state index contributed by atoms with van der Waals surface area (Å²) in [4.78, 5) is 6.32. The monoisotopic (exact) mass is 473 g/mol. The quantitative estimate of drug-likeness (QED) is 0.420. The van der Waals surface area contributed by atoms with E-state index in [9.17, 15) is 8.42 Å². The van der Waals surface area contributed by atoms with Gasteiger partial charge in [-0.3, -0.25) is 4.98 Å². The molecule has 1 aliphatic rings. The molecule has 0 amide bonds. The van der Waals surface area contributed by atoms with Crippen molar-refractivity contribution in [1.29, 1.82) is 0 Å². The van der Waals surface area contributed by atoms with Crippen molar-refractivity contribution in [2.45, 2.75) is 4.90 Å². The number of para-hydroxylation sites is 1. The zero-order valence-corrected chi connectivity index (χ0v) is 19.2. The highest BCUT2D eigenvalue weighted by Crippen LogP contribution is 2.25. The average Bonchev–Trinajstić information content (AvgIpc) is 2.90. The number of anilines is 1. The molecule has 2 aromatic heterocycles. The Morgan fingerprint density at radius 2 is 1.38 bits per heavy atom. The molecule has 0 aliphatic carbocycles. The van der Waals surface area contributed by atoms with Gasteiger partial charge < -0.3 is 9.64 Å². The van der Waals surface area contributed by atoms with Gasteiger partial charge in [-0.25, -0.2) is 8.42 Å². The van der Waals surface area contributed by atoms with Crippen molar-refractivity contribution in [2.75, 3.05) is 31.1 Å². The summed E-state index contributed by atoms with van der Waals surface area (Å²) in [5, 5.41) is 8.66. The van der Waals surface area contributed by atoms with Crippen LogP contribution in [0.5, 0.6) is 11.5 Å². The molecule has 0 unspecified atom stereocenters. The number of hydrogen-bond donors (Lipinski definition) is 0. The number of piperazine rings is 1. The summed E-state index contributed by atoms with van der Waals surface area (Å²) in [5.74, 6) is 2.02. The molecular formula is C25H23N5O3S. The SMILES string of the molecule is O=S(=O)(c1ccc(Oc2ccccc2)cc1)N1CCN(c2ccc(-c3ccncc3)nn2)CC1. The molecule has 1 fully saturated rings. The van der Waals surface area contributed by atoms with Gasteiger partial charge in [-0.1, -0.05) is 18.2 Å². The number of ether oxygens (including phenoxy) is 1. The second-order valence-corrected chi connectivity index (χ2v) is 9.73. The first-order valence-corrected chi connectivity index (χ1v) is 12.4. The molecule has 0 spiro atoms. The molecule has 3 heterocycles. The van der Waals surface area contributed by atoms with E-state index >= 15 is 0 Å². The van der Waals surface area contributed by atoms with Gasteiger partial charge in [0.1, 0.15) is 11.5 Å². The van der Waals surface area contributed by atoms with Crippen molar-refractivity contribution < 1.29 is 13.2 Å². The first-order chi connectivity index (χ1) is 16.6. The summed E-state index contributed by atoms with van der Waals surface area (Å²) in [7, 11) is -3.59. The molecule has 34 heavy (non-hydrogen) atoms. The smallest absolute Gasteiger partial charge is 0.243 e. The van der Waals surface area contributed by atoms with Gasteiger partial charge in [0.25, 0.3) is 0 Å². The van der Waals surface area contributed by atoms with Gasteiger partial charge in [0.2, 0.25) is 10.0 Å². The summed E-state index contributed by atoms with van der Waals surface area (Å²) >= 11 is 0.